The van der Waals surface area contributed by atoms with Gasteiger partial charge in [-0.25, -0.2) is 9.98 Å². The first kappa shape index (κ1) is 26.7. The van der Waals surface area contributed by atoms with Crippen LogP contribution in [0.15, 0.2) is 170 Å². The summed E-state index contributed by atoms with van der Waals surface area (Å²) in [5, 5.41) is 10.1. The molecule has 3 heterocycles. The van der Waals surface area contributed by atoms with Gasteiger partial charge in [-0.1, -0.05) is 121 Å². The molecule has 5 nitrogen and oxygen atoms in total. The Morgan fingerprint density at radius 2 is 1.17 bits per heavy atom. The van der Waals surface area contributed by atoms with Crippen molar-refractivity contribution in [1.29, 1.82) is 0 Å². The van der Waals surface area contributed by atoms with Crippen LogP contribution in [0.3, 0.4) is 0 Å². The van der Waals surface area contributed by atoms with Gasteiger partial charge in [-0.2, -0.15) is 0 Å². The first-order chi connectivity index (χ1) is 23.8. The van der Waals surface area contributed by atoms with Crippen molar-refractivity contribution >= 4 is 66.3 Å². The minimum Gasteiger partial charge on any atom is -0.455 e. The summed E-state index contributed by atoms with van der Waals surface area (Å²) in [4.78, 5) is 10.3. The highest BCUT2D eigenvalue weighted by Gasteiger charge is 2.25. The Hall–Kier alpha value is -6.46. The molecule has 1 atom stereocenters. The van der Waals surface area contributed by atoms with Crippen molar-refractivity contribution < 1.29 is 8.83 Å². The summed E-state index contributed by atoms with van der Waals surface area (Å²) in [6.07, 6.45) is -0.304. The highest BCUT2D eigenvalue weighted by molar-refractivity contribution is 6.24. The maximum Gasteiger partial charge on any atom is 0.160 e. The highest BCUT2D eigenvalue weighted by Crippen LogP contribution is 2.43. The average Bonchev–Trinajstić information content (AvgIpc) is 3.73. The van der Waals surface area contributed by atoms with E-state index in [4.69, 9.17) is 18.8 Å². The zero-order chi connectivity index (χ0) is 31.6. The van der Waals surface area contributed by atoms with Crippen LogP contribution in [-0.4, -0.2) is 11.7 Å². The van der Waals surface area contributed by atoms with Gasteiger partial charge in [0.15, 0.2) is 5.84 Å². The van der Waals surface area contributed by atoms with Crippen LogP contribution < -0.4 is 5.32 Å². The summed E-state index contributed by atoms with van der Waals surface area (Å²) < 4.78 is 13.4. The Kier molecular flexibility index (Phi) is 5.87. The Bertz CT molecular complexity index is 2760. The number of aliphatic imine (C=N–C) groups is 2. The van der Waals surface area contributed by atoms with Gasteiger partial charge in [0.2, 0.25) is 0 Å². The molecule has 0 bridgehead atoms. The topological polar surface area (TPSA) is 63.0 Å². The molecule has 0 spiro atoms. The van der Waals surface area contributed by atoms with E-state index in [2.05, 4.69) is 102 Å². The number of rotatable bonds is 4. The number of nitrogens with zero attached hydrogens (tertiary/aromatic N) is 2. The molecule has 226 valence electrons. The average molecular weight is 618 g/mol. The van der Waals surface area contributed by atoms with E-state index in [1.807, 2.05) is 54.6 Å². The summed E-state index contributed by atoms with van der Waals surface area (Å²) in [6.45, 7) is 0. The molecular formula is C43H27N3O2. The number of benzene rings is 7. The van der Waals surface area contributed by atoms with Crippen molar-refractivity contribution in [2.45, 2.75) is 6.17 Å². The van der Waals surface area contributed by atoms with Crippen LogP contribution in [0.1, 0.15) is 22.9 Å². The molecule has 2 aromatic heterocycles. The van der Waals surface area contributed by atoms with Crippen LogP contribution in [0.2, 0.25) is 0 Å². The maximum absolute atomic E-state index is 6.72. The molecule has 0 amide bonds. The van der Waals surface area contributed by atoms with Gasteiger partial charge in [-0.3, -0.25) is 0 Å². The monoisotopic (exact) mass is 617 g/mol. The molecule has 1 aliphatic heterocycles. The number of furan rings is 2. The van der Waals surface area contributed by atoms with Crippen molar-refractivity contribution in [3.63, 3.8) is 0 Å². The lowest BCUT2D eigenvalue weighted by molar-refractivity contribution is 0.665. The van der Waals surface area contributed by atoms with E-state index in [1.54, 1.807) is 0 Å². The van der Waals surface area contributed by atoms with Gasteiger partial charge in [0.25, 0.3) is 0 Å². The van der Waals surface area contributed by atoms with Gasteiger partial charge in [-0.05, 0) is 46.7 Å². The summed E-state index contributed by atoms with van der Waals surface area (Å²) in [5.41, 5.74) is 8.21. The minimum atomic E-state index is -0.304. The lowest BCUT2D eigenvalue weighted by Crippen LogP contribution is -2.33. The highest BCUT2D eigenvalue weighted by atomic mass is 16.3. The number of fused-ring (bicyclic) bond motifs is 7. The largest absolute Gasteiger partial charge is 0.455 e. The zero-order valence-electron chi connectivity index (χ0n) is 25.7. The molecule has 0 saturated carbocycles. The van der Waals surface area contributed by atoms with Crippen LogP contribution in [0.25, 0.3) is 65.8 Å². The second-order valence-corrected chi connectivity index (χ2v) is 12.2. The van der Waals surface area contributed by atoms with Gasteiger partial charge in [0, 0.05) is 43.8 Å². The summed E-state index contributed by atoms with van der Waals surface area (Å²) in [5.74, 6) is 1.43. The van der Waals surface area contributed by atoms with Gasteiger partial charge >= 0.3 is 0 Å². The van der Waals surface area contributed by atoms with Crippen LogP contribution >= 0.6 is 0 Å². The first-order valence-corrected chi connectivity index (χ1v) is 16.1. The summed E-state index contributed by atoms with van der Waals surface area (Å²) >= 11 is 0. The molecule has 1 unspecified atom stereocenters. The number of hydrogen-bond donors (Lipinski definition) is 1. The minimum absolute atomic E-state index is 0.304. The van der Waals surface area contributed by atoms with Crippen molar-refractivity contribution in [2.75, 3.05) is 0 Å². The molecule has 9 aromatic rings. The molecule has 1 N–H and O–H groups in total. The molecule has 0 saturated heterocycles. The third-order valence-electron chi connectivity index (χ3n) is 9.33. The fourth-order valence-electron chi connectivity index (χ4n) is 7.04. The lowest BCUT2D eigenvalue weighted by Gasteiger charge is -2.24. The van der Waals surface area contributed by atoms with E-state index in [0.29, 0.717) is 5.84 Å². The predicted octanol–water partition coefficient (Wildman–Crippen LogP) is 10.8. The molecule has 48 heavy (non-hydrogen) atoms. The molecule has 7 aromatic carbocycles. The molecule has 0 fully saturated rings. The van der Waals surface area contributed by atoms with E-state index in [1.165, 1.54) is 5.39 Å². The Labute approximate surface area is 275 Å². The van der Waals surface area contributed by atoms with Gasteiger partial charge in [0.1, 0.15) is 34.3 Å². The number of amidine groups is 2. The number of nitrogens with one attached hydrogen (secondary N) is 1. The van der Waals surface area contributed by atoms with Crippen LogP contribution in [0.5, 0.6) is 0 Å². The third-order valence-corrected chi connectivity index (χ3v) is 9.33. The van der Waals surface area contributed by atoms with Gasteiger partial charge < -0.3 is 14.2 Å². The van der Waals surface area contributed by atoms with E-state index < -0.39 is 0 Å². The molecule has 1 aliphatic rings. The van der Waals surface area contributed by atoms with E-state index in [0.717, 1.165) is 82.9 Å². The van der Waals surface area contributed by atoms with Crippen molar-refractivity contribution in [3.8, 4) is 11.1 Å². The van der Waals surface area contributed by atoms with Crippen LogP contribution in [-0.2, 0) is 0 Å². The smallest absolute Gasteiger partial charge is 0.160 e. The van der Waals surface area contributed by atoms with Crippen LogP contribution in [0, 0.1) is 0 Å². The molecule has 10 rings (SSSR count). The van der Waals surface area contributed by atoms with Crippen LogP contribution in [0.4, 0.5) is 0 Å². The summed E-state index contributed by atoms with van der Waals surface area (Å²) in [7, 11) is 0. The molecule has 0 aliphatic carbocycles. The van der Waals surface area contributed by atoms with E-state index >= 15 is 0 Å². The lowest BCUT2D eigenvalue weighted by atomic mass is 9.96. The Balaban J connectivity index is 1.22. The molecular weight excluding hydrogens is 590 g/mol. The number of hydrogen-bond acceptors (Lipinski definition) is 5. The van der Waals surface area contributed by atoms with E-state index in [9.17, 15) is 0 Å². The first-order valence-electron chi connectivity index (χ1n) is 16.1. The fourth-order valence-corrected chi connectivity index (χ4v) is 7.04. The normalized spacial score (nSPS) is 14.9. The maximum atomic E-state index is 6.72. The molecule has 5 heteroatoms. The number of para-hydroxylation sites is 2. The third kappa shape index (κ3) is 4.18. The summed E-state index contributed by atoms with van der Waals surface area (Å²) in [6, 6.07) is 52.0. The Morgan fingerprint density at radius 3 is 2.02 bits per heavy atom. The second-order valence-electron chi connectivity index (χ2n) is 12.2. The molecule has 0 radical (unpaired) electrons. The SMILES string of the molecule is c1ccc(C2=NC(c3ccc(-c4cccc5c4oc4cc6ccccc6cc45)c4oc5ccccc5c34)=NC(c3ccccc3)N2)cc1. The fraction of sp³-hybridized carbons (Fsp3) is 0.0233. The standard InChI is InChI=1S/C43H27N3O2/c1-3-12-26(13-4-1)41-44-42(27-14-5-2-6-15-27)46-43(45-41)34-23-22-32(40-38(34)33-18-9-10-21-36(33)47-40)30-19-11-20-31-35-24-28-16-7-8-17-29(28)25-37(35)48-39(30)31/h1-25,41H,(H,44,45,46). The Morgan fingerprint density at radius 1 is 0.500 bits per heavy atom. The zero-order valence-corrected chi connectivity index (χ0v) is 25.7. The van der Waals surface area contributed by atoms with E-state index in [-0.39, 0.29) is 6.17 Å². The quantitative estimate of drug-likeness (QED) is 0.214. The van der Waals surface area contributed by atoms with Crippen molar-refractivity contribution in [2.24, 2.45) is 9.98 Å². The van der Waals surface area contributed by atoms with Crippen molar-refractivity contribution in [3.05, 3.63) is 168 Å². The van der Waals surface area contributed by atoms with Gasteiger partial charge in [-0.15, -0.1) is 0 Å². The van der Waals surface area contributed by atoms with Gasteiger partial charge in [0.05, 0.1) is 0 Å². The second kappa shape index (κ2) is 10.5. The van der Waals surface area contributed by atoms with Crippen molar-refractivity contribution in [1.82, 2.24) is 5.32 Å². The predicted molar refractivity (Wildman–Crippen MR) is 196 cm³/mol.